The third kappa shape index (κ3) is 5.95. The number of hydrogen-bond acceptors (Lipinski definition) is 3. The number of aliphatic carboxylic acids is 1. The number of carbonyl (C=O) groups is 2. The van der Waals surface area contributed by atoms with E-state index in [0.717, 1.165) is 31.2 Å². The topological polar surface area (TPSA) is 66.4 Å². The van der Waals surface area contributed by atoms with Gasteiger partial charge in [-0.2, -0.15) is 13.2 Å². The van der Waals surface area contributed by atoms with E-state index in [0.29, 0.717) is 10.1 Å². The van der Waals surface area contributed by atoms with Crippen molar-refractivity contribution >= 4 is 23.6 Å². The van der Waals surface area contributed by atoms with E-state index in [1.807, 2.05) is 11.4 Å². The highest BCUT2D eigenvalue weighted by Crippen LogP contribution is 2.36. The van der Waals surface area contributed by atoms with Crippen molar-refractivity contribution in [3.63, 3.8) is 0 Å². The fraction of sp³-hybridized carbons (Fsp3) is 0.529. The molecule has 0 aliphatic heterocycles. The van der Waals surface area contributed by atoms with Crippen molar-refractivity contribution in [1.82, 2.24) is 5.32 Å². The van der Waals surface area contributed by atoms with Crippen molar-refractivity contribution in [3.05, 3.63) is 29.3 Å². The van der Waals surface area contributed by atoms with Crippen LogP contribution < -0.4 is 5.32 Å². The zero-order chi connectivity index (χ0) is 18.6. The molecule has 1 saturated carbocycles. The molecule has 1 aliphatic rings. The largest absolute Gasteiger partial charge is 0.480 e. The molecule has 4 nitrogen and oxygen atoms in total. The number of carbonyl (C=O) groups excluding carboxylic acids is 1. The van der Waals surface area contributed by atoms with Crippen LogP contribution in [0.1, 0.15) is 48.0 Å². The van der Waals surface area contributed by atoms with Gasteiger partial charge in [-0.15, -0.1) is 11.8 Å². The number of carboxylic acid groups (broad SMARTS) is 1. The molecule has 0 radical (unpaired) electrons. The Kier molecular flexibility index (Phi) is 6.37. The van der Waals surface area contributed by atoms with Crippen LogP contribution in [0.25, 0.3) is 0 Å². The summed E-state index contributed by atoms with van der Waals surface area (Å²) in [7, 11) is 0. The Morgan fingerprint density at radius 1 is 1.32 bits per heavy atom. The monoisotopic (exact) mass is 375 g/mol. The molecule has 1 unspecified atom stereocenters. The van der Waals surface area contributed by atoms with Gasteiger partial charge in [0.2, 0.25) is 0 Å². The van der Waals surface area contributed by atoms with E-state index in [4.69, 9.17) is 5.11 Å². The molecule has 8 heteroatoms. The van der Waals surface area contributed by atoms with Crippen molar-refractivity contribution in [3.8, 4) is 0 Å². The number of carboxylic acids is 1. The van der Waals surface area contributed by atoms with Crippen molar-refractivity contribution in [2.45, 2.75) is 61.4 Å². The molecule has 0 heterocycles. The van der Waals surface area contributed by atoms with Gasteiger partial charge in [-0.05, 0) is 31.9 Å². The summed E-state index contributed by atoms with van der Waals surface area (Å²) in [6.07, 6.45) is -1.97. The Balaban J connectivity index is 2.18. The Morgan fingerprint density at radius 3 is 2.52 bits per heavy atom. The number of nitrogens with one attached hydrogen (secondary N) is 1. The molecule has 138 valence electrons. The van der Waals surface area contributed by atoms with E-state index in [1.165, 1.54) is 11.8 Å². The molecule has 1 atom stereocenters. The van der Waals surface area contributed by atoms with Crippen molar-refractivity contribution < 1.29 is 27.9 Å². The summed E-state index contributed by atoms with van der Waals surface area (Å²) in [6, 6.07) is 3.18. The summed E-state index contributed by atoms with van der Waals surface area (Å²) in [4.78, 5) is 24.2. The van der Waals surface area contributed by atoms with Gasteiger partial charge in [-0.1, -0.05) is 24.5 Å². The van der Waals surface area contributed by atoms with Gasteiger partial charge in [0.05, 0.1) is 12.0 Å². The second-order valence-electron chi connectivity index (χ2n) is 6.21. The minimum atomic E-state index is -4.68. The molecule has 0 bridgehead atoms. The molecule has 1 aromatic rings. The highest BCUT2D eigenvalue weighted by atomic mass is 32.2. The summed E-state index contributed by atoms with van der Waals surface area (Å²) >= 11 is 1.53. The van der Waals surface area contributed by atoms with Gasteiger partial charge in [0, 0.05) is 10.1 Å². The average molecular weight is 375 g/mol. The van der Waals surface area contributed by atoms with Crippen LogP contribution in [0.5, 0.6) is 0 Å². The predicted molar refractivity (Wildman–Crippen MR) is 88.9 cm³/mol. The maximum Gasteiger partial charge on any atom is 0.391 e. The molecule has 2 N–H and O–H groups in total. The highest BCUT2D eigenvalue weighted by molar-refractivity contribution is 8.00. The van der Waals surface area contributed by atoms with Crippen LogP contribution >= 0.6 is 11.8 Å². The maximum atomic E-state index is 12.5. The first kappa shape index (κ1) is 19.6. The average Bonchev–Trinajstić information content (AvgIpc) is 2.99. The third-order valence-electron chi connectivity index (χ3n) is 4.01. The molecule has 1 aromatic carbocycles. The minimum absolute atomic E-state index is 0.227. The molecule has 25 heavy (non-hydrogen) atoms. The molecule has 1 amide bonds. The molecule has 0 saturated heterocycles. The van der Waals surface area contributed by atoms with E-state index in [-0.39, 0.29) is 5.56 Å². The number of aryl methyl sites for hydroxylation is 1. The Hall–Kier alpha value is -1.70. The summed E-state index contributed by atoms with van der Waals surface area (Å²) < 4.78 is 37.5. The Morgan fingerprint density at radius 2 is 1.96 bits per heavy atom. The van der Waals surface area contributed by atoms with Crippen LogP contribution in [0.3, 0.4) is 0 Å². The van der Waals surface area contributed by atoms with Gasteiger partial charge < -0.3 is 10.4 Å². The number of halogens is 3. The normalized spacial score (nSPS) is 16.6. The number of amides is 1. The maximum absolute atomic E-state index is 12.5. The van der Waals surface area contributed by atoms with Crippen LogP contribution in [0.4, 0.5) is 13.2 Å². The molecule has 1 fully saturated rings. The van der Waals surface area contributed by atoms with Crippen LogP contribution in [0.15, 0.2) is 23.1 Å². The van der Waals surface area contributed by atoms with E-state index < -0.39 is 30.5 Å². The minimum Gasteiger partial charge on any atom is -0.480 e. The van der Waals surface area contributed by atoms with E-state index in [2.05, 4.69) is 0 Å². The lowest BCUT2D eigenvalue weighted by atomic mass is 10.1. The zero-order valence-corrected chi connectivity index (χ0v) is 14.5. The second kappa shape index (κ2) is 8.12. The first-order valence-corrected chi connectivity index (χ1v) is 8.91. The number of alkyl halides is 3. The molecule has 2 rings (SSSR count). The van der Waals surface area contributed by atoms with E-state index >= 15 is 0 Å². The number of thioether (sulfide) groups is 1. The summed E-state index contributed by atoms with van der Waals surface area (Å²) in [6.45, 7) is 1.77. The lowest BCUT2D eigenvalue weighted by Crippen LogP contribution is -2.43. The molecule has 0 aromatic heterocycles. The lowest BCUT2D eigenvalue weighted by molar-refractivity contribution is -0.157. The number of benzene rings is 1. The molecule has 0 spiro atoms. The van der Waals surface area contributed by atoms with Gasteiger partial charge in [0.25, 0.3) is 5.91 Å². The first-order chi connectivity index (χ1) is 11.7. The summed E-state index contributed by atoms with van der Waals surface area (Å²) in [5.41, 5.74) is 1.01. The zero-order valence-electron chi connectivity index (χ0n) is 13.7. The van der Waals surface area contributed by atoms with Crippen molar-refractivity contribution in [2.75, 3.05) is 0 Å². The molecule has 1 aliphatic carbocycles. The Labute approximate surface area is 148 Å². The van der Waals surface area contributed by atoms with Gasteiger partial charge in [-0.3, -0.25) is 4.79 Å². The third-order valence-corrected chi connectivity index (χ3v) is 5.43. The smallest absolute Gasteiger partial charge is 0.391 e. The van der Waals surface area contributed by atoms with Crippen molar-refractivity contribution in [2.24, 2.45) is 0 Å². The standard InChI is InChI=1S/C17H20F3NO3S/c1-10-6-7-14(25-11-4-2-3-5-11)12(8-10)15(22)21-13(16(23)24)9-17(18,19)20/h6-8,11,13H,2-5,9H2,1H3,(H,21,22)(H,23,24). The quantitative estimate of drug-likeness (QED) is 0.783. The summed E-state index contributed by atoms with van der Waals surface area (Å²) in [5, 5.41) is 11.4. The Bertz CT molecular complexity index is 643. The van der Waals surface area contributed by atoms with Gasteiger partial charge in [0.15, 0.2) is 0 Å². The van der Waals surface area contributed by atoms with Gasteiger partial charge in [-0.25, -0.2) is 4.79 Å². The number of hydrogen-bond donors (Lipinski definition) is 2. The molecular formula is C17H20F3NO3S. The molecular weight excluding hydrogens is 355 g/mol. The van der Waals surface area contributed by atoms with Crippen LogP contribution in [0, 0.1) is 6.92 Å². The summed E-state index contributed by atoms with van der Waals surface area (Å²) in [5.74, 6) is -2.50. The van der Waals surface area contributed by atoms with Gasteiger partial charge in [0.1, 0.15) is 6.04 Å². The van der Waals surface area contributed by atoms with E-state index in [9.17, 15) is 22.8 Å². The van der Waals surface area contributed by atoms with E-state index in [1.54, 1.807) is 19.1 Å². The van der Waals surface area contributed by atoms with Gasteiger partial charge >= 0.3 is 12.1 Å². The van der Waals surface area contributed by atoms with Crippen molar-refractivity contribution in [1.29, 1.82) is 0 Å². The fourth-order valence-corrected chi connectivity index (χ4v) is 4.13. The van der Waals surface area contributed by atoms with Crippen LogP contribution in [-0.4, -0.2) is 34.5 Å². The second-order valence-corrected chi connectivity index (χ2v) is 7.55. The lowest BCUT2D eigenvalue weighted by Gasteiger charge is -2.18. The SMILES string of the molecule is Cc1ccc(SC2CCCC2)c(C(=O)NC(CC(F)(F)F)C(=O)O)c1. The highest BCUT2D eigenvalue weighted by Gasteiger charge is 2.36. The van der Waals surface area contributed by atoms with Crippen LogP contribution in [0.2, 0.25) is 0 Å². The number of rotatable bonds is 6. The fourth-order valence-electron chi connectivity index (χ4n) is 2.78. The predicted octanol–water partition coefficient (Wildman–Crippen LogP) is 4.17. The first-order valence-electron chi connectivity index (χ1n) is 8.03. The van der Waals surface area contributed by atoms with Crippen LogP contribution in [-0.2, 0) is 4.79 Å².